The number of rotatable bonds is 2. The maximum atomic E-state index is 6.06. The molecule has 3 nitrogen and oxygen atoms in total. The van der Waals surface area contributed by atoms with E-state index in [0.29, 0.717) is 5.95 Å². The van der Waals surface area contributed by atoms with Crippen molar-refractivity contribution < 1.29 is 0 Å². The molecule has 2 aromatic rings. The van der Waals surface area contributed by atoms with E-state index in [1.165, 1.54) is 18.6 Å². The van der Waals surface area contributed by atoms with E-state index in [0.717, 1.165) is 22.6 Å². The first-order valence-corrected chi connectivity index (χ1v) is 7.49. The van der Waals surface area contributed by atoms with Gasteiger partial charge in [0.2, 0.25) is 5.95 Å². The normalized spacial score (nSPS) is 23.9. The van der Waals surface area contributed by atoms with Crippen LogP contribution in [0.25, 0.3) is 11.0 Å². The minimum absolute atomic E-state index is 0.268. The van der Waals surface area contributed by atoms with Crippen LogP contribution in [0.15, 0.2) is 18.2 Å². The smallest absolute Gasteiger partial charge is 0.201 e. The van der Waals surface area contributed by atoms with Crippen LogP contribution >= 0.6 is 23.4 Å². The SMILES string of the molecule is CC1(Cn2c(N)nc3ccc(Cl)cc32)CCCS1. The summed E-state index contributed by atoms with van der Waals surface area (Å²) < 4.78 is 2.36. The zero-order valence-corrected chi connectivity index (χ0v) is 11.9. The molecule has 1 saturated heterocycles. The zero-order valence-electron chi connectivity index (χ0n) is 10.3. The van der Waals surface area contributed by atoms with E-state index in [-0.39, 0.29) is 4.75 Å². The maximum Gasteiger partial charge on any atom is 0.201 e. The van der Waals surface area contributed by atoms with E-state index in [1.54, 1.807) is 0 Å². The van der Waals surface area contributed by atoms with Crippen LogP contribution in [0.5, 0.6) is 0 Å². The van der Waals surface area contributed by atoms with Crippen molar-refractivity contribution in [3.05, 3.63) is 23.2 Å². The summed E-state index contributed by atoms with van der Waals surface area (Å²) in [5, 5.41) is 0.730. The van der Waals surface area contributed by atoms with E-state index in [2.05, 4.69) is 16.5 Å². The highest BCUT2D eigenvalue weighted by Gasteiger charge is 2.31. The standard InChI is InChI=1S/C13H16ClN3S/c1-13(5-2-6-18-13)8-17-11-7-9(14)3-4-10(11)16-12(17)15/h3-4,7H,2,5-6,8H2,1H3,(H2,15,16). The summed E-state index contributed by atoms with van der Waals surface area (Å²) in [6, 6.07) is 5.73. The third-order valence-corrected chi connectivity index (χ3v) is 5.29. The molecule has 0 radical (unpaired) electrons. The Morgan fingerprint density at radius 3 is 3.11 bits per heavy atom. The van der Waals surface area contributed by atoms with Crippen molar-refractivity contribution in [2.45, 2.75) is 31.1 Å². The van der Waals surface area contributed by atoms with Crippen LogP contribution in [-0.2, 0) is 6.54 Å². The third-order valence-electron chi connectivity index (χ3n) is 3.53. The summed E-state index contributed by atoms with van der Waals surface area (Å²) in [6.07, 6.45) is 2.52. The Balaban J connectivity index is 2.05. The minimum Gasteiger partial charge on any atom is -0.369 e. The Morgan fingerprint density at radius 1 is 1.56 bits per heavy atom. The fraction of sp³-hybridized carbons (Fsp3) is 0.462. The van der Waals surface area contributed by atoms with Gasteiger partial charge in [-0.2, -0.15) is 11.8 Å². The third kappa shape index (κ3) is 2.08. The van der Waals surface area contributed by atoms with Gasteiger partial charge in [0.25, 0.3) is 0 Å². The van der Waals surface area contributed by atoms with E-state index >= 15 is 0 Å². The summed E-state index contributed by atoms with van der Waals surface area (Å²) in [5.74, 6) is 1.82. The summed E-state index contributed by atoms with van der Waals surface area (Å²) in [6.45, 7) is 3.21. The van der Waals surface area contributed by atoms with Crippen molar-refractivity contribution in [1.82, 2.24) is 9.55 Å². The number of anilines is 1. The van der Waals surface area contributed by atoms with Gasteiger partial charge < -0.3 is 10.3 Å². The Bertz CT molecular complexity index is 587. The summed E-state index contributed by atoms with van der Waals surface area (Å²) in [7, 11) is 0. The van der Waals surface area contributed by atoms with Crippen LogP contribution in [0.2, 0.25) is 5.02 Å². The van der Waals surface area contributed by atoms with E-state index < -0.39 is 0 Å². The van der Waals surface area contributed by atoms with Crippen molar-refractivity contribution in [3.63, 3.8) is 0 Å². The summed E-state index contributed by atoms with van der Waals surface area (Å²) >= 11 is 8.09. The lowest BCUT2D eigenvalue weighted by Gasteiger charge is -2.24. The first kappa shape index (κ1) is 12.2. The molecule has 2 heterocycles. The molecule has 18 heavy (non-hydrogen) atoms. The second-order valence-electron chi connectivity index (χ2n) is 5.09. The molecule has 1 atom stereocenters. The number of fused-ring (bicyclic) bond motifs is 1. The predicted octanol–water partition coefficient (Wildman–Crippen LogP) is 3.56. The lowest BCUT2D eigenvalue weighted by Crippen LogP contribution is -2.24. The van der Waals surface area contributed by atoms with Crippen LogP contribution in [0.1, 0.15) is 19.8 Å². The van der Waals surface area contributed by atoms with Gasteiger partial charge in [-0.1, -0.05) is 11.6 Å². The molecule has 1 aliphatic rings. The predicted molar refractivity (Wildman–Crippen MR) is 79.3 cm³/mol. The van der Waals surface area contributed by atoms with Gasteiger partial charge in [0.1, 0.15) is 0 Å². The fourth-order valence-electron chi connectivity index (χ4n) is 2.58. The van der Waals surface area contributed by atoms with Gasteiger partial charge in [0.15, 0.2) is 0 Å². The highest BCUT2D eigenvalue weighted by molar-refractivity contribution is 8.00. The molecule has 96 valence electrons. The lowest BCUT2D eigenvalue weighted by atomic mass is 10.1. The minimum atomic E-state index is 0.268. The van der Waals surface area contributed by atoms with Gasteiger partial charge >= 0.3 is 0 Å². The largest absolute Gasteiger partial charge is 0.369 e. The van der Waals surface area contributed by atoms with Crippen molar-refractivity contribution in [2.24, 2.45) is 0 Å². The number of benzene rings is 1. The molecule has 1 unspecified atom stereocenters. The summed E-state index contributed by atoms with van der Waals surface area (Å²) in [4.78, 5) is 4.40. The Kier molecular flexibility index (Phi) is 2.94. The van der Waals surface area contributed by atoms with Gasteiger partial charge in [-0.15, -0.1) is 0 Å². The zero-order chi connectivity index (χ0) is 12.8. The molecule has 1 aromatic carbocycles. The maximum absolute atomic E-state index is 6.06. The molecule has 1 fully saturated rings. The average Bonchev–Trinajstić information content (AvgIpc) is 2.86. The number of hydrogen-bond donors (Lipinski definition) is 1. The number of hydrogen-bond acceptors (Lipinski definition) is 3. The average molecular weight is 282 g/mol. The molecular weight excluding hydrogens is 266 g/mol. The van der Waals surface area contributed by atoms with Gasteiger partial charge in [0.05, 0.1) is 11.0 Å². The molecule has 0 aliphatic carbocycles. The molecule has 5 heteroatoms. The number of nitrogens with two attached hydrogens (primary N) is 1. The topological polar surface area (TPSA) is 43.8 Å². The number of halogens is 1. The van der Waals surface area contributed by atoms with Gasteiger partial charge in [-0.05, 0) is 43.7 Å². The Labute approximate surface area is 116 Å². The van der Waals surface area contributed by atoms with Gasteiger partial charge in [-0.3, -0.25) is 0 Å². The fourth-order valence-corrected chi connectivity index (χ4v) is 4.03. The van der Waals surface area contributed by atoms with Crippen LogP contribution in [0, 0.1) is 0 Å². The van der Waals surface area contributed by atoms with E-state index in [1.807, 2.05) is 30.0 Å². The molecule has 2 N–H and O–H groups in total. The van der Waals surface area contributed by atoms with Crippen LogP contribution < -0.4 is 5.73 Å². The van der Waals surface area contributed by atoms with Crippen molar-refractivity contribution in [2.75, 3.05) is 11.5 Å². The van der Waals surface area contributed by atoms with E-state index in [9.17, 15) is 0 Å². The summed E-state index contributed by atoms with van der Waals surface area (Å²) in [5.41, 5.74) is 8.00. The van der Waals surface area contributed by atoms with Crippen molar-refractivity contribution in [1.29, 1.82) is 0 Å². The number of nitrogens with zero attached hydrogens (tertiary/aromatic N) is 2. The first-order chi connectivity index (χ1) is 8.57. The molecule has 1 aliphatic heterocycles. The second kappa shape index (κ2) is 4.35. The number of nitrogen functional groups attached to an aromatic ring is 1. The van der Waals surface area contributed by atoms with Gasteiger partial charge in [0, 0.05) is 16.3 Å². The Morgan fingerprint density at radius 2 is 2.39 bits per heavy atom. The van der Waals surface area contributed by atoms with Crippen LogP contribution in [-0.4, -0.2) is 20.1 Å². The number of thioether (sulfide) groups is 1. The van der Waals surface area contributed by atoms with Crippen LogP contribution in [0.3, 0.4) is 0 Å². The molecule has 3 rings (SSSR count). The van der Waals surface area contributed by atoms with Crippen molar-refractivity contribution in [3.8, 4) is 0 Å². The monoisotopic (exact) mass is 281 g/mol. The molecule has 0 saturated carbocycles. The highest BCUT2D eigenvalue weighted by Crippen LogP contribution is 2.40. The Hall–Kier alpha value is -0.870. The second-order valence-corrected chi connectivity index (χ2v) is 7.21. The van der Waals surface area contributed by atoms with E-state index in [4.69, 9.17) is 17.3 Å². The number of aromatic nitrogens is 2. The molecule has 1 aromatic heterocycles. The van der Waals surface area contributed by atoms with Crippen molar-refractivity contribution >= 4 is 40.3 Å². The molecule has 0 spiro atoms. The lowest BCUT2D eigenvalue weighted by molar-refractivity contribution is 0.522. The molecule has 0 amide bonds. The quantitative estimate of drug-likeness (QED) is 0.915. The van der Waals surface area contributed by atoms with Crippen LogP contribution in [0.4, 0.5) is 5.95 Å². The van der Waals surface area contributed by atoms with Gasteiger partial charge in [-0.25, -0.2) is 4.98 Å². The number of imidazole rings is 1. The molecular formula is C13H16ClN3S. The first-order valence-electron chi connectivity index (χ1n) is 6.13. The highest BCUT2D eigenvalue weighted by atomic mass is 35.5. The molecule has 0 bridgehead atoms.